The van der Waals surface area contributed by atoms with Gasteiger partial charge in [-0.15, -0.1) is 0 Å². The molecular weight excluding hydrogens is 245 g/mol. The lowest BCUT2D eigenvalue weighted by molar-refractivity contribution is -0.190. The molecule has 1 N–H and O–H groups in total. The van der Waals surface area contributed by atoms with E-state index in [-0.39, 0.29) is 6.54 Å². The molecule has 18 heavy (non-hydrogen) atoms. The van der Waals surface area contributed by atoms with Gasteiger partial charge in [-0.3, -0.25) is 9.82 Å². The highest BCUT2D eigenvalue weighted by Crippen LogP contribution is 2.16. The first-order chi connectivity index (χ1) is 8.56. The van der Waals surface area contributed by atoms with Gasteiger partial charge in [-0.2, -0.15) is 18.7 Å². The van der Waals surface area contributed by atoms with Gasteiger partial charge in [-0.05, 0) is 17.7 Å². The SMILES string of the molecule is FC(F)(F)CONCc1ccnc2ccccc12. The van der Waals surface area contributed by atoms with Gasteiger partial charge in [-0.1, -0.05) is 18.2 Å². The molecule has 1 heterocycles. The fraction of sp³-hybridized carbons (Fsp3) is 0.250. The summed E-state index contributed by atoms with van der Waals surface area (Å²) >= 11 is 0. The van der Waals surface area contributed by atoms with Crippen LogP contribution in [0.25, 0.3) is 10.9 Å². The summed E-state index contributed by atoms with van der Waals surface area (Å²) in [6.45, 7) is -1.12. The molecule has 0 aliphatic heterocycles. The Balaban J connectivity index is 2.00. The molecule has 2 aromatic rings. The number of hydrogen-bond donors (Lipinski definition) is 1. The third kappa shape index (κ3) is 3.41. The van der Waals surface area contributed by atoms with Crippen LogP contribution in [0.3, 0.4) is 0 Å². The van der Waals surface area contributed by atoms with Crippen LogP contribution in [0.5, 0.6) is 0 Å². The van der Waals surface area contributed by atoms with Crippen LogP contribution >= 0.6 is 0 Å². The maximum Gasteiger partial charge on any atom is 0.413 e. The van der Waals surface area contributed by atoms with Crippen LogP contribution in [0.4, 0.5) is 13.2 Å². The molecular formula is C12H11F3N2O. The van der Waals surface area contributed by atoms with Crippen molar-refractivity contribution in [1.82, 2.24) is 10.5 Å². The van der Waals surface area contributed by atoms with Gasteiger partial charge in [0.15, 0.2) is 6.61 Å². The van der Waals surface area contributed by atoms with E-state index in [0.717, 1.165) is 16.5 Å². The Morgan fingerprint density at radius 3 is 2.72 bits per heavy atom. The Bertz CT molecular complexity index is 523. The van der Waals surface area contributed by atoms with E-state index in [0.29, 0.717) is 0 Å². The fourth-order valence-electron chi connectivity index (χ4n) is 1.57. The van der Waals surface area contributed by atoms with Gasteiger partial charge in [0.2, 0.25) is 0 Å². The number of hydroxylamine groups is 1. The van der Waals surface area contributed by atoms with Crippen molar-refractivity contribution in [2.45, 2.75) is 12.7 Å². The zero-order valence-electron chi connectivity index (χ0n) is 9.37. The van der Waals surface area contributed by atoms with Gasteiger partial charge in [-0.25, -0.2) is 0 Å². The lowest BCUT2D eigenvalue weighted by Gasteiger charge is -2.09. The van der Waals surface area contributed by atoms with Crippen LogP contribution in [-0.4, -0.2) is 17.8 Å². The highest BCUT2D eigenvalue weighted by Gasteiger charge is 2.27. The Labute approximate surface area is 102 Å². The van der Waals surface area contributed by atoms with Crippen molar-refractivity contribution in [1.29, 1.82) is 0 Å². The number of fused-ring (bicyclic) bond motifs is 1. The monoisotopic (exact) mass is 256 g/mol. The largest absolute Gasteiger partial charge is 0.413 e. The summed E-state index contributed by atoms with van der Waals surface area (Å²) < 4.78 is 35.6. The second-order valence-electron chi connectivity index (χ2n) is 3.71. The topological polar surface area (TPSA) is 34.1 Å². The van der Waals surface area contributed by atoms with Crippen molar-refractivity contribution >= 4 is 10.9 Å². The van der Waals surface area contributed by atoms with E-state index < -0.39 is 12.8 Å². The van der Waals surface area contributed by atoms with E-state index in [4.69, 9.17) is 0 Å². The Morgan fingerprint density at radius 2 is 1.94 bits per heavy atom. The zero-order chi connectivity index (χ0) is 13.0. The number of halogens is 3. The molecule has 0 fully saturated rings. The summed E-state index contributed by atoms with van der Waals surface area (Å²) in [5, 5.41) is 0.892. The number of alkyl halides is 3. The van der Waals surface area contributed by atoms with Crippen LogP contribution in [0.15, 0.2) is 36.5 Å². The number of nitrogens with zero attached hydrogens (tertiary/aromatic N) is 1. The summed E-state index contributed by atoms with van der Waals surface area (Å²) in [4.78, 5) is 8.52. The molecule has 0 unspecified atom stereocenters. The summed E-state index contributed by atoms with van der Waals surface area (Å²) in [7, 11) is 0. The summed E-state index contributed by atoms with van der Waals surface area (Å²) in [6.07, 6.45) is -2.71. The maximum atomic E-state index is 11.9. The van der Waals surface area contributed by atoms with Crippen LogP contribution in [0.2, 0.25) is 0 Å². The number of hydrogen-bond acceptors (Lipinski definition) is 3. The second-order valence-corrected chi connectivity index (χ2v) is 3.71. The van der Waals surface area contributed by atoms with Gasteiger partial charge >= 0.3 is 6.18 Å². The molecule has 0 bridgehead atoms. The molecule has 0 atom stereocenters. The Hall–Kier alpha value is -1.66. The minimum atomic E-state index is -4.33. The molecule has 2 rings (SSSR count). The molecule has 1 aromatic heterocycles. The molecule has 3 nitrogen and oxygen atoms in total. The van der Waals surface area contributed by atoms with E-state index in [2.05, 4.69) is 15.3 Å². The van der Waals surface area contributed by atoms with E-state index in [1.54, 1.807) is 12.3 Å². The lowest BCUT2D eigenvalue weighted by atomic mass is 10.1. The third-order valence-corrected chi connectivity index (χ3v) is 2.34. The maximum absolute atomic E-state index is 11.9. The average molecular weight is 256 g/mol. The number of benzene rings is 1. The van der Waals surface area contributed by atoms with Crippen molar-refractivity contribution in [3.05, 3.63) is 42.1 Å². The van der Waals surface area contributed by atoms with E-state index in [9.17, 15) is 13.2 Å². The van der Waals surface area contributed by atoms with Crippen LogP contribution in [-0.2, 0) is 11.4 Å². The number of nitrogens with one attached hydrogen (secondary N) is 1. The zero-order valence-corrected chi connectivity index (χ0v) is 9.37. The molecule has 0 spiro atoms. The summed E-state index contributed by atoms with van der Waals surface area (Å²) in [6, 6.07) is 9.15. The number of para-hydroxylation sites is 1. The van der Waals surface area contributed by atoms with Crippen LogP contribution < -0.4 is 5.48 Å². The highest BCUT2D eigenvalue weighted by molar-refractivity contribution is 5.81. The first-order valence-corrected chi connectivity index (χ1v) is 5.30. The minimum absolute atomic E-state index is 0.194. The predicted molar refractivity (Wildman–Crippen MR) is 60.6 cm³/mol. The number of pyridine rings is 1. The normalized spacial score (nSPS) is 11.9. The van der Waals surface area contributed by atoms with Crippen molar-refractivity contribution in [2.24, 2.45) is 0 Å². The van der Waals surface area contributed by atoms with Crippen molar-refractivity contribution in [3.8, 4) is 0 Å². The third-order valence-electron chi connectivity index (χ3n) is 2.34. The van der Waals surface area contributed by atoms with E-state index in [1.165, 1.54) is 0 Å². The van der Waals surface area contributed by atoms with Gasteiger partial charge in [0, 0.05) is 18.1 Å². The minimum Gasteiger partial charge on any atom is -0.292 e. The second kappa shape index (κ2) is 5.32. The molecule has 1 aromatic carbocycles. The Kier molecular flexibility index (Phi) is 3.78. The Morgan fingerprint density at radius 1 is 1.17 bits per heavy atom. The summed E-state index contributed by atoms with van der Waals surface area (Å²) in [5.74, 6) is 0. The summed E-state index contributed by atoms with van der Waals surface area (Å²) in [5.41, 5.74) is 3.94. The van der Waals surface area contributed by atoms with Gasteiger partial charge in [0.05, 0.1) is 5.52 Å². The van der Waals surface area contributed by atoms with Crippen LogP contribution in [0, 0.1) is 0 Å². The van der Waals surface area contributed by atoms with Crippen molar-refractivity contribution in [3.63, 3.8) is 0 Å². The first-order valence-electron chi connectivity index (χ1n) is 5.30. The van der Waals surface area contributed by atoms with Gasteiger partial charge in [0.1, 0.15) is 0 Å². The molecule has 0 aliphatic carbocycles. The molecule has 0 saturated carbocycles. The fourth-order valence-corrected chi connectivity index (χ4v) is 1.57. The van der Waals surface area contributed by atoms with Crippen molar-refractivity contribution < 1.29 is 18.0 Å². The smallest absolute Gasteiger partial charge is 0.292 e. The van der Waals surface area contributed by atoms with Crippen molar-refractivity contribution in [2.75, 3.05) is 6.61 Å². The van der Waals surface area contributed by atoms with E-state index >= 15 is 0 Å². The molecule has 0 radical (unpaired) electrons. The highest BCUT2D eigenvalue weighted by atomic mass is 19.4. The molecule has 0 saturated heterocycles. The predicted octanol–water partition coefficient (Wildman–Crippen LogP) is 2.82. The molecule has 0 amide bonds. The standard InChI is InChI=1S/C12H11F3N2O/c13-12(14,15)8-18-17-7-9-5-6-16-11-4-2-1-3-10(9)11/h1-6,17H,7-8H2. The van der Waals surface area contributed by atoms with E-state index in [1.807, 2.05) is 24.3 Å². The molecule has 6 heteroatoms. The number of aromatic nitrogens is 1. The first kappa shape index (κ1) is 12.8. The lowest BCUT2D eigenvalue weighted by Crippen LogP contribution is -2.24. The quantitative estimate of drug-likeness (QED) is 0.674. The average Bonchev–Trinajstić information content (AvgIpc) is 2.33. The molecule has 0 aliphatic rings. The number of rotatable bonds is 4. The van der Waals surface area contributed by atoms with Crippen LogP contribution in [0.1, 0.15) is 5.56 Å². The molecule has 96 valence electrons. The van der Waals surface area contributed by atoms with Gasteiger partial charge < -0.3 is 0 Å². The van der Waals surface area contributed by atoms with Gasteiger partial charge in [0.25, 0.3) is 0 Å².